The third-order valence-electron chi connectivity index (χ3n) is 1.65. The molecule has 1 N–H and O–H groups in total. The zero-order valence-electron chi connectivity index (χ0n) is 8.43. The Bertz CT molecular complexity index is 432. The zero-order valence-corrected chi connectivity index (χ0v) is 10.0. The molecule has 1 aromatic rings. The molecule has 0 saturated heterocycles. The molecule has 0 unspecified atom stereocenters. The summed E-state index contributed by atoms with van der Waals surface area (Å²) in [5.41, 5.74) is 0.597. The van der Waals surface area contributed by atoms with Gasteiger partial charge in [-0.05, 0) is 31.0 Å². The van der Waals surface area contributed by atoms with Gasteiger partial charge in [-0.2, -0.15) is 0 Å². The molecule has 0 aliphatic rings. The predicted octanol–water partition coefficient (Wildman–Crippen LogP) is 2.42. The number of halogens is 1. The van der Waals surface area contributed by atoms with E-state index >= 15 is 0 Å². The summed E-state index contributed by atoms with van der Waals surface area (Å²) in [5, 5.41) is 2.64. The van der Waals surface area contributed by atoms with Crippen LogP contribution in [0.1, 0.15) is 6.92 Å². The van der Waals surface area contributed by atoms with Gasteiger partial charge >= 0.3 is 0 Å². The minimum Gasteiger partial charge on any atom is -0.495 e. The quantitative estimate of drug-likeness (QED) is 0.836. The second-order valence-electron chi connectivity index (χ2n) is 2.67. The van der Waals surface area contributed by atoms with E-state index in [1.165, 1.54) is 0 Å². The third-order valence-corrected chi connectivity index (χ3v) is 2.14. The summed E-state index contributed by atoms with van der Waals surface area (Å²) < 4.78 is 5.96. The molecule has 0 atom stereocenters. The highest BCUT2D eigenvalue weighted by Gasteiger charge is 2.05. The van der Waals surface area contributed by atoms with Crippen molar-refractivity contribution in [2.45, 2.75) is 6.92 Å². The van der Waals surface area contributed by atoms with Crippen molar-refractivity contribution < 1.29 is 9.53 Å². The Morgan fingerprint density at radius 2 is 2.27 bits per heavy atom. The van der Waals surface area contributed by atoms with Crippen molar-refractivity contribution in [1.29, 1.82) is 0 Å². The third kappa shape index (κ3) is 3.30. The Hall–Kier alpha value is -1.47. The highest BCUT2D eigenvalue weighted by atomic mass is 79.9. The van der Waals surface area contributed by atoms with Gasteiger partial charge in [0.1, 0.15) is 5.75 Å². The van der Waals surface area contributed by atoms with Gasteiger partial charge in [0, 0.05) is 4.47 Å². The van der Waals surface area contributed by atoms with Crippen LogP contribution in [0, 0.1) is 11.8 Å². The van der Waals surface area contributed by atoms with E-state index in [9.17, 15) is 4.79 Å². The number of ether oxygens (including phenoxy) is 1. The number of amides is 1. The molecule has 0 heterocycles. The van der Waals surface area contributed by atoms with Crippen LogP contribution in [-0.2, 0) is 4.79 Å². The molecule has 0 aliphatic carbocycles. The molecule has 78 valence electrons. The molecule has 15 heavy (non-hydrogen) atoms. The highest BCUT2D eigenvalue weighted by Crippen LogP contribution is 2.27. The lowest BCUT2D eigenvalue weighted by molar-refractivity contribution is -0.111. The van der Waals surface area contributed by atoms with E-state index in [4.69, 9.17) is 4.74 Å². The molecule has 0 aliphatic heterocycles. The number of methoxy groups -OCH3 is 1. The van der Waals surface area contributed by atoms with Gasteiger partial charge < -0.3 is 10.1 Å². The first-order valence-electron chi connectivity index (χ1n) is 4.24. The number of benzene rings is 1. The molecule has 0 radical (unpaired) electrons. The second-order valence-corrected chi connectivity index (χ2v) is 3.59. The predicted molar refractivity (Wildman–Crippen MR) is 62.8 cm³/mol. The summed E-state index contributed by atoms with van der Waals surface area (Å²) in [6.07, 6.45) is 0. The number of rotatable bonds is 2. The van der Waals surface area contributed by atoms with E-state index in [0.29, 0.717) is 11.4 Å². The van der Waals surface area contributed by atoms with E-state index < -0.39 is 0 Å². The fourth-order valence-electron chi connectivity index (χ4n) is 1.04. The second kappa shape index (κ2) is 5.42. The van der Waals surface area contributed by atoms with Crippen LogP contribution in [0.2, 0.25) is 0 Å². The molecular formula is C11H10BrNO2. The largest absolute Gasteiger partial charge is 0.495 e. The van der Waals surface area contributed by atoms with Crippen molar-refractivity contribution >= 4 is 27.5 Å². The average Bonchev–Trinajstić information content (AvgIpc) is 2.18. The summed E-state index contributed by atoms with van der Waals surface area (Å²) in [6, 6.07) is 5.35. The van der Waals surface area contributed by atoms with Crippen molar-refractivity contribution in [3.05, 3.63) is 22.7 Å². The van der Waals surface area contributed by atoms with Crippen molar-refractivity contribution in [3.63, 3.8) is 0 Å². The molecule has 4 heteroatoms. The summed E-state index contributed by atoms with van der Waals surface area (Å²) in [4.78, 5) is 11.2. The van der Waals surface area contributed by atoms with Gasteiger partial charge in [0.25, 0.3) is 5.91 Å². The maximum Gasteiger partial charge on any atom is 0.300 e. The lowest BCUT2D eigenvalue weighted by Gasteiger charge is -2.08. The molecule has 3 nitrogen and oxygen atoms in total. The van der Waals surface area contributed by atoms with Crippen LogP contribution in [-0.4, -0.2) is 13.0 Å². The van der Waals surface area contributed by atoms with Crippen LogP contribution < -0.4 is 10.1 Å². The van der Waals surface area contributed by atoms with E-state index in [-0.39, 0.29) is 5.91 Å². The highest BCUT2D eigenvalue weighted by molar-refractivity contribution is 9.10. The minimum absolute atomic E-state index is 0.353. The summed E-state index contributed by atoms with van der Waals surface area (Å²) >= 11 is 3.31. The molecule has 0 aromatic heterocycles. The van der Waals surface area contributed by atoms with E-state index in [1.54, 1.807) is 26.2 Å². The molecule has 1 rings (SSSR count). The first-order chi connectivity index (χ1) is 7.17. The van der Waals surface area contributed by atoms with Crippen molar-refractivity contribution in [2.24, 2.45) is 0 Å². The van der Waals surface area contributed by atoms with Gasteiger partial charge in [-0.15, -0.1) is 0 Å². The Kier molecular flexibility index (Phi) is 4.19. The molecule has 1 amide bonds. The number of anilines is 1. The fourth-order valence-corrected chi connectivity index (χ4v) is 1.41. The van der Waals surface area contributed by atoms with Gasteiger partial charge in [-0.3, -0.25) is 4.79 Å². The van der Waals surface area contributed by atoms with Crippen LogP contribution in [0.15, 0.2) is 22.7 Å². The standard InChI is InChI=1S/C11H10BrNO2/c1-3-4-11(14)13-9-7-8(12)5-6-10(9)15-2/h5-7H,1-2H3,(H,13,14). The number of nitrogens with one attached hydrogen (secondary N) is 1. The SMILES string of the molecule is CC#CC(=O)Nc1cc(Br)ccc1OC. The fraction of sp³-hybridized carbons (Fsp3) is 0.182. The monoisotopic (exact) mass is 267 g/mol. The van der Waals surface area contributed by atoms with Gasteiger partial charge in [0.2, 0.25) is 0 Å². The smallest absolute Gasteiger partial charge is 0.300 e. The Morgan fingerprint density at radius 1 is 1.53 bits per heavy atom. The van der Waals surface area contributed by atoms with Crippen molar-refractivity contribution in [3.8, 4) is 17.6 Å². The van der Waals surface area contributed by atoms with Gasteiger partial charge in [0.15, 0.2) is 0 Å². The first kappa shape index (κ1) is 11.6. The lowest BCUT2D eigenvalue weighted by Crippen LogP contribution is -2.09. The Balaban J connectivity index is 2.95. The van der Waals surface area contributed by atoms with Crippen molar-refractivity contribution in [2.75, 3.05) is 12.4 Å². The Morgan fingerprint density at radius 3 is 2.87 bits per heavy atom. The normalized spacial score (nSPS) is 8.73. The van der Waals surface area contributed by atoms with E-state index in [0.717, 1.165) is 4.47 Å². The minimum atomic E-state index is -0.353. The molecule has 0 spiro atoms. The van der Waals surface area contributed by atoms with Crippen LogP contribution in [0.25, 0.3) is 0 Å². The van der Waals surface area contributed by atoms with Crippen molar-refractivity contribution in [1.82, 2.24) is 0 Å². The first-order valence-corrected chi connectivity index (χ1v) is 5.04. The maximum absolute atomic E-state index is 11.2. The average molecular weight is 268 g/mol. The summed E-state index contributed by atoms with van der Waals surface area (Å²) in [6.45, 7) is 1.61. The topological polar surface area (TPSA) is 38.3 Å². The lowest BCUT2D eigenvalue weighted by atomic mass is 10.3. The number of carbonyl (C=O) groups is 1. The van der Waals surface area contributed by atoms with Crippen LogP contribution in [0.4, 0.5) is 5.69 Å². The zero-order chi connectivity index (χ0) is 11.3. The van der Waals surface area contributed by atoms with Crippen LogP contribution >= 0.6 is 15.9 Å². The molecular weight excluding hydrogens is 258 g/mol. The van der Waals surface area contributed by atoms with E-state index in [2.05, 4.69) is 33.1 Å². The maximum atomic E-state index is 11.2. The van der Waals surface area contributed by atoms with Crippen LogP contribution in [0.3, 0.4) is 0 Å². The molecule has 1 aromatic carbocycles. The van der Waals surface area contributed by atoms with Gasteiger partial charge in [-0.25, -0.2) is 0 Å². The summed E-state index contributed by atoms with van der Waals surface area (Å²) in [7, 11) is 1.55. The van der Waals surface area contributed by atoms with Gasteiger partial charge in [0.05, 0.1) is 12.8 Å². The van der Waals surface area contributed by atoms with Crippen LogP contribution in [0.5, 0.6) is 5.75 Å². The number of hydrogen-bond acceptors (Lipinski definition) is 2. The summed E-state index contributed by atoms with van der Waals surface area (Å²) in [5.74, 6) is 5.17. The molecule has 0 fully saturated rings. The molecule has 0 bridgehead atoms. The number of carbonyl (C=O) groups excluding carboxylic acids is 1. The Labute approximate surface area is 96.9 Å². The van der Waals surface area contributed by atoms with Gasteiger partial charge in [-0.1, -0.05) is 21.9 Å². The number of hydrogen-bond donors (Lipinski definition) is 1. The van der Waals surface area contributed by atoms with E-state index in [1.807, 2.05) is 6.07 Å². The molecule has 0 saturated carbocycles.